The SMILES string of the molecule is CCNC(=NCC1(C)CCCO1)NCCc1ccccc1C.I. The van der Waals surface area contributed by atoms with Crippen molar-refractivity contribution in [2.45, 2.75) is 45.6 Å². The van der Waals surface area contributed by atoms with Gasteiger partial charge in [0.15, 0.2) is 5.96 Å². The van der Waals surface area contributed by atoms with Crippen molar-refractivity contribution in [3.05, 3.63) is 35.4 Å². The van der Waals surface area contributed by atoms with Gasteiger partial charge in [0.1, 0.15) is 0 Å². The lowest BCUT2D eigenvalue weighted by atomic mass is 10.0. The Kier molecular flexibility index (Phi) is 8.91. The van der Waals surface area contributed by atoms with E-state index >= 15 is 0 Å². The van der Waals surface area contributed by atoms with Crippen LogP contribution in [0, 0.1) is 6.92 Å². The lowest BCUT2D eigenvalue weighted by Crippen LogP contribution is -2.40. The fourth-order valence-corrected chi connectivity index (χ4v) is 2.76. The molecule has 1 aliphatic rings. The van der Waals surface area contributed by atoms with Gasteiger partial charge < -0.3 is 15.4 Å². The second-order valence-corrected chi connectivity index (χ2v) is 6.20. The van der Waals surface area contributed by atoms with E-state index in [2.05, 4.69) is 55.7 Å². The number of hydrogen-bond acceptors (Lipinski definition) is 2. The largest absolute Gasteiger partial charge is 0.373 e. The van der Waals surface area contributed by atoms with Crippen molar-refractivity contribution in [3.8, 4) is 0 Å². The summed E-state index contributed by atoms with van der Waals surface area (Å²) in [6.07, 6.45) is 3.24. The van der Waals surface area contributed by atoms with E-state index in [1.165, 1.54) is 11.1 Å². The third-order valence-corrected chi connectivity index (χ3v) is 4.16. The highest BCUT2D eigenvalue weighted by atomic mass is 127. The molecule has 1 atom stereocenters. The molecule has 1 aromatic rings. The molecule has 2 N–H and O–H groups in total. The summed E-state index contributed by atoms with van der Waals surface area (Å²) in [7, 11) is 0. The van der Waals surface area contributed by atoms with Gasteiger partial charge in [-0.1, -0.05) is 24.3 Å². The van der Waals surface area contributed by atoms with Crippen LogP contribution >= 0.6 is 24.0 Å². The van der Waals surface area contributed by atoms with Gasteiger partial charge in [-0.15, -0.1) is 24.0 Å². The van der Waals surface area contributed by atoms with Gasteiger partial charge in [-0.2, -0.15) is 0 Å². The van der Waals surface area contributed by atoms with Crippen molar-refractivity contribution in [3.63, 3.8) is 0 Å². The maximum absolute atomic E-state index is 5.80. The smallest absolute Gasteiger partial charge is 0.191 e. The van der Waals surface area contributed by atoms with Crippen LogP contribution in [0.25, 0.3) is 0 Å². The number of rotatable bonds is 6. The zero-order valence-electron chi connectivity index (χ0n) is 14.5. The molecular formula is C18H30IN3O. The molecule has 1 aliphatic heterocycles. The van der Waals surface area contributed by atoms with E-state index in [4.69, 9.17) is 9.73 Å². The van der Waals surface area contributed by atoms with E-state index in [-0.39, 0.29) is 29.6 Å². The highest BCUT2D eigenvalue weighted by molar-refractivity contribution is 14.0. The van der Waals surface area contributed by atoms with Crippen LogP contribution in [0.5, 0.6) is 0 Å². The molecule has 23 heavy (non-hydrogen) atoms. The number of guanidine groups is 1. The van der Waals surface area contributed by atoms with Gasteiger partial charge >= 0.3 is 0 Å². The maximum atomic E-state index is 5.80. The molecule has 0 aromatic heterocycles. The minimum Gasteiger partial charge on any atom is -0.373 e. The summed E-state index contributed by atoms with van der Waals surface area (Å²) in [5.41, 5.74) is 2.65. The number of hydrogen-bond donors (Lipinski definition) is 2. The average molecular weight is 431 g/mol. The quantitative estimate of drug-likeness (QED) is 0.413. The monoisotopic (exact) mass is 431 g/mol. The number of halogens is 1. The van der Waals surface area contributed by atoms with Crippen molar-refractivity contribution in [2.24, 2.45) is 4.99 Å². The third-order valence-electron chi connectivity index (χ3n) is 4.16. The molecule has 0 spiro atoms. The van der Waals surface area contributed by atoms with Gasteiger partial charge in [0.2, 0.25) is 0 Å². The summed E-state index contributed by atoms with van der Waals surface area (Å²) < 4.78 is 5.80. The van der Waals surface area contributed by atoms with E-state index in [0.29, 0.717) is 6.54 Å². The van der Waals surface area contributed by atoms with Crippen LogP contribution in [0.4, 0.5) is 0 Å². The Labute approximate surface area is 157 Å². The average Bonchev–Trinajstić information content (AvgIpc) is 2.94. The van der Waals surface area contributed by atoms with Gasteiger partial charge in [-0.3, -0.25) is 4.99 Å². The lowest BCUT2D eigenvalue weighted by molar-refractivity contribution is 0.0283. The fraction of sp³-hybridized carbons (Fsp3) is 0.611. The zero-order valence-corrected chi connectivity index (χ0v) is 16.9. The van der Waals surface area contributed by atoms with Crippen molar-refractivity contribution in [2.75, 3.05) is 26.2 Å². The second kappa shape index (κ2) is 10.1. The van der Waals surface area contributed by atoms with Gasteiger partial charge in [0.25, 0.3) is 0 Å². The predicted molar refractivity (Wildman–Crippen MR) is 108 cm³/mol. The molecule has 0 aliphatic carbocycles. The van der Waals surface area contributed by atoms with Gasteiger partial charge in [-0.25, -0.2) is 0 Å². The molecule has 1 heterocycles. The van der Waals surface area contributed by atoms with Crippen LogP contribution in [0.3, 0.4) is 0 Å². The van der Waals surface area contributed by atoms with Gasteiger partial charge in [0.05, 0.1) is 12.1 Å². The van der Waals surface area contributed by atoms with E-state index in [9.17, 15) is 0 Å². The molecule has 1 fully saturated rings. The molecule has 0 amide bonds. The zero-order chi connectivity index (χ0) is 15.8. The van der Waals surface area contributed by atoms with Crippen LogP contribution in [-0.4, -0.2) is 37.8 Å². The van der Waals surface area contributed by atoms with E-state index in [1.54, 1.807) is 0 Å². The standard InChI is InChI=1S/C18H29N3O.HI/c1-4-19-17(21-14-18(3)11-7-13-22-18)20-12-10-16-9-6-5-8-15(16)2;/h5-6,8-9H,4,7,10-14H2,1-3H3,(H2,19,20,21);1H. The van der Waals surface area contributed by atoms with Crippen LogP contribution < -0.4 is 10.6 Å². The van der Waals surface area contributed by atoms with Crippen molar-refractivity contribution in [1.82, 2.24) is 10.6 Å². The number of ether oxygens (including phenoxy) is 1. The lowest BCUT2D eigenvalue weighted by Gasteiger charge is -2.21. The first-order valence-corrected chi connectivity index (χ1v) is 8.33. The molecule has 2 rings (SSSR count). The third kappa shape index (κ3) is 6.67. The van der Waals surface area contributed by atoms with E-state index in [0.717, 1.165) is 44.9 Å². The summed E-state index contributed by atoms with van der Waals surface area (Å²) in [6, 6.07) is 8.53. The molecule has 1 unspecified atom stereocenters. The second-order valence-electron chi connectivity index (χ2n) is 6.20. The molecule has 1 saturated heterocycles. The summed E-state index contributed by atoms with van der Waals surface area (Å²) in [6.45, 7) is 9.73. The van der Waals surface area contributed by atoms with Crippen LogP contribution in [0.1, 0.15) is 37.8 Å². The number of benzene rings is 1. The minimum absolute atomic E-state index is 0. The van der Waals surface area contributed by atoms with E-state index < -0.39 is 0 Å². The van der Waals surface area contributed by atoms with Gasteiger partial charge in [-0.05, 0) is 51.2 Å². The molecular weight excluding hydrogens is 401 g/mol. The Morgan fingerprint density at radius 2 is 2.09 bits per heavy atom. The first-order valence-electron chi connectivity index (χ1n) is 8.33. The summed E-state index contributed by atoms with van der Waals surface area (Å²) in [4.78, 5) is 4.69. The highest BCUT2D eigenvalue weighted by Gasteiger charge is 2.29. The molecule has 1 aromatic carbocycles. The summed E-state index contributed by atoms with van der Waals surface area (Å²) >= 11 is 0. The fourth-order valence-electron chi connectivity index (χ4n) is 2.76. The van der Waals surface area contributed by atoms with E-state index in [1.807, 2.05) is 0 Å². The molecule has 5 heteroatoms. The van der Waals surface area contributed by atoms with Crippen molar-refractivity contribution in [1.29, 1.82) is 0 Å². The predicted octanol–water partition coefficient (Wildman–Crippen LogP) is 3.28. The Morgan fingerprint density at radius 1 is 1.30 bits per heavy atom. The normalized spacial score (nSPS) is 20.9. The molecule has 130 valence electrons. The molecule has 4 nitrogen and oxygen atoms in total. The molecule has 0 radical (unpaired) electrons. The first-order chi connectivity index (χ1) is 10.6. The topological polar surface area (TPSA) is 45.7 Å². The maximum Gasteiger partial charge on any atom is 0.191 e. The Bertz CT molecular complexity index is 499. The van der Waals surface area contributed by atoms with Crippen LogP contribution in [0.2, 0.25) is 0 Å². The van der Waals surface area contributed by atoms with Crippen LogP contribution in [0.15, 0.2) is 29.3 Å². The molecule has 0 bridgehead atoms. The Hall–Kier alpha value is -0.820. The van der Waals surface area contributed by atoms with Gasteiger partial charge in [0, 0.05) is 19.7 Å². The number of aliphatic imine (C=N–C) groups is 1. The Morgan fingerprint density at radius 3 is 2.74 bits per heavy atom. The summed E-state index contributed by atoms with van der Waals surface area (Å²) in [5, 5.41) is 6.73. The minimum atomic E-state index is -0.0850. The van der Waals surface area contributed by atoms with Crippen molar-refractivity contribution >= 4 is 29.9 Å². The number of aryl methyl sites for hydroxylation is 1. The number of nitrogens with one attached hydrogen (secondary N) is 2. The summed E-state index contributed by atoms with van der Waals surface area (Å²) in [5.74, 6) is 0.882. The number of nitrogens with zero attached hydrogens (tertiary/aromatic N) is 1. The highest BCUT2D eigenvalue weighted by Crippen LogP contribution is 2.24. The first kappa shape index (κ1) is 20.2. The molecule has 0 saturated carbocycles. The van der Waals surface area contributed by atoms with Crippen molar-refractivity contribution < 1.29 is 4.74 Å². The van der Waals surface area contributed by atoms with Crippen LogP contribution in [-0.2, 0) is 11.2 Å². The Balaban J connectivity index is 0.00000264.